The number of allylic oxidation sites excluding steroid dienone is 2. The maximum Gasteiger partial charge on any atom is 0.223 e. The summed E-state index contributed by atoms with van der Waals surface area (Å²) in [6.45, 7) is 0.485. The van der Waals surface area contributed by atoms with Gasteiger partial charge in [-0.15, -0.1) is 0 Å². The lowest BCUT2D eigenvalue weighted by atomic mass is 9.94. The summed E-state index contributed by atoms with van der Waals surface area (Å²) in [5.41, 5.74) is 2.92. The van der Waals surface area contributed by atoms with Gasteiger partial charge in [-0.3, -0.25) is 14.5 Å². The van der Waals surface area contributed by atoms with E-state index >= 15 is 0 Å². The van der Waals surface area contributed by atoms with Crippen LogP contribution in [0.4, 0.5) is 0 Å². The first-order valence-corrected chi connectivity index (χ1v) is 9.74. The molecule has 0 bridgehead atoms. The number of nitrogens with zero attached hydrogens (tertiary/aromatic N) is 3. The molecule has 2 heterocycles. The molecule has 0 aliphatic heterocycles. The molecule has 0 spiro atoms. The molecule has 5 nitrogen and oxygen atoms in total. The van der Waals surface area contributed by atoms with Gasteiger partial charge in [-0.2, -0.15) is 5.10 Å². The van der Waals surface area contributed by atoms with Crippen LogP contribution in [-0.4, -0.2) is 20.7 Å². The molecule has 1 saturated carbocycles. The molecule has 2 aliphatic rings. The second-order valence-electron chi connectivity index (χ2n) is 7.32. The van der Waals surface area contributed by atoms with Crippen molar-refractivity contribution in [1.29, 1.82) is 0 Å². The van der Waals surface area contributed by atoms with E-state index in [1.165, 1.54) is 25.7 Å². The Morgan fingerprint density at radius 1 is 1.19 bits per heavy atom. The molecule has 2 aromatic rings. The maximum atomic E-state index is 12.4. The Balaban J connectivity index is 1.51. The van der Waals surface area contributed by atoms with Crippen LogP contribution >= 0.6 is 0 Å². The Labute approximate surface area is 154 Å². The van der Waals surface area contributed by atoms with Gasteiger partial charge in [-0.1, -0.05) is 31.1 Å². The molecule has 1 unspecified atom stereocenters. The molecular formula is C21H26N4O. The summed E-state index contributed by atoms with van der Waals surface area (Å²) in [6, 6.07) is 8.49. The van der Waals surface area contributed by atoms with Crippen LogP contribution < -0.4 is 5.32 Å². The van der Waals surface area contributed by atoms with Gasteiger partial charge >= 0.3 is 0 Å². The summed E-state index contributed by atoms with van der Waals surface area (Å²) < 4.78 is 2.14. The third kappa shape index (κ3) is 3.71. The zero-order valence-corrected chi connectivity index (χ0v) is 15.1. The number of hydrogen-bond donors (Lipinski definition) is 1. The Kier molecular flexibility index (Phi) is 5.14. The Morgan fingerprint density at radius 2 is 2.08 bits per heavy atom. The minimum absolute atomic E-state index is 0.104. The fourth-order valence-electron chi connectivity index (χ4n) is 4.02. The van der Waals surface area contributed by atoms with E-state index in [1.54, 1.807) is 0 Å². The number of amides is 1. The molecule has 26 heavy (non-hydrogen) atoms. The smallest absolute Gasteiger partial charge is 0.223 e. The van der Waals surface area contributed by atoms with Gasteiger partial charge in [0.2, 0.25) is 5.91 Å². The summed E-state index contributed by atoms with van der Waals surface area (Å²) in [4.78, 5) is 16.9. The molecule has 1 amide bonds. The summed E-state index contributed by atoms with van der Waals surface area (Å²) in [6.07, 6.45) is 13.7. The number of carbonyl (C=O) groups excluding carboxylic acids is 1. The summed E-state index contributed by atoms with van der Waals surface area (Å²) >= 11 is 0. The van der Waals surface area contributed by atoms with Gasteiger partial charge in [-0.25, -0.2) is 0 Å². The third-order valence-corrected chi connectivity index (χ3v) is 5.47. The lowest BCUT2D eigenvalue weighted by molar-refractivity contribution is -0.125. The fraction of sp³-hybridized carbons (Fsp3) is 0.476. The fourth-order valence-corrected chi connectivity index (χ4v) is 4.02. The van der Waals surface area contributed by atoms with Crippen LogP contribution in [0.2, 0.25) is 0 Å². The summed E-state index contributed by atoms with van der Waals surface area (Å²) in [5, 5.41) is 7.92. The van der Waals surface area contributed by atoms with Gasteiger partial charge in [0.05, 0.1) is 29.7 Å². The van der Waals surface area contributed by atoms with Crippen LogP contribution in [0.15, 0.2) is 42.6 Å². The van der Waals surface area contributed by atoms with Crippen molar-refractivity contribution in [2.24, 2.45) is 5.92 Å². The Bertz CT molecular complexity index is 775. The van der Waals surface area contributed by atoms with E-state index in [0.717, 1.165) is 36.3 Å². The van der Waals surface area contributed by atoms with Gasteiger partial charge in [-0.05, 0) is 50.3 Å². The van der Waals surface area contributed by atoms with Gasteiger partial charge in [0.15, 0.2) is 0 Å². The van der Waals surface area contributed by atoms with Gasteiger partial charge < -0.3 is 5.32 Å². The Hall–Kier alpha value is -2.43. The average molecular weight is 350 g/mol. The lowest BCUT2D eigenvalue weighted by Crippen LogP contribution is -2.30. The van der Waals surface area contributed by atoms with Crippen LogP contribution in [0.5, 0.6) is 0 Å². The van der Waals surface area contributed by atoms with Gasteiger partial charge in [0.1, 0.15) is 0 Å². The molecule has 1 fully saturated rings. The van der Waals surface area contributed by atoms with Crippen molar-refractivity contribution in [2.75, 3.05) is 0 Å². The van der Waals surface area contributed by atoms with E-state index in [1.807, 2.05) is 24.4 Å². The molecule has 136 valence electrons. The minimum Gasteiger partial charge on any atom is -0.350 e. The first-order chi connectivity index (χ1) is 12.8. The number of aromatic nitrogens is 3. The maximum absolute atomic E-state index is 12.4. The SMILES string of the molecule is O=C(NCc1cc(-c2ccccn2)n(C2CCCC2)n1)C1CC=CCC1. The van der Waals surface area contributed by atoms with Gasteiger partial charge in [0.25, 0.3) is 0 Å². The van der Waals surface area contributed by atoms with Crippen molar-refractivity contribution in [2.45, 2.75) is 57.5 Å². The summed E-state index contributed by atoms with van der Waals surface area (Å²) in [7, 11) is 0. The molecule has 5 heteroatoms. The van der Waals surface area contributed by atoms with E-state index in [4.69, 9.17) is 5.10 Å². The predicted molar refractivity (Wildman–Crippen MR) is 101 cm³/mol. The second kappa shape index (κ2) is 7.85. The van der Waals surface area contributed by atoms with Crippen molar-refractivity contribution >= 4 is 5.91 Å². The van der Waals surface area contributed by atoms with Crippen molar-refractivity contribution in [3.8, 4) is 11.4 Å². The molecule has 4 rings (SSSR count). The van der Waals surface area contributed by atoms with Crippen LogP contribution in [0, 0.1) is 5.92 Å². The number of carbonyl (C=O) groups is 1. The number of hydrogen-bond acceptors (Lipinski definition) is 3. The zero-order chi connectivity index (χ0) is 17.8. The van der Waals surface area contributed by atoms with E-state index in [2.05, 4.69) is 33.2 Å². The van der Waals surface area contributed by atoms with E-state index in [0.29, 0.717) is 12.6 Å². The highest BCUT2D eigenvalue weighted by molar-refractivity contribution is 5.79. The van der Waals surface area contributed by atoms with E-state index in [-0.39, 0.29) is 11.8 Å². The molecular weight excluding hydrogens is 324 g/mol. The minimum atomic E-state index is 0.104. The van der Waals surface area contributed by atoms with E-state index < -0.39 is 0 Å². The molecule has 0 radical (unpaired) electrons. The quantitative estimate of drug-likeness (QED) is 0.828. The molecule has 1 N–H and O–H groups in total. The number of pyridine rings is 1. The van der Waals surface area contributed by atoms with Crippen molar-refractivity contribution in [1.82, 2.24) is 20.1 Å². The first kappa shape index (κ1) is 17.0. The van der Waals surface area contributed by atoms with Crippen LogP contribution in [0.3, 0.4) is 0 Å². The number of nitrogens with one attached hydrogen (secondary N) is 1. The van der Waals surface area contributed by atoms with Crippen molar-refractivity contribution in [3.63, 3.8) is 0 Å². The van der Waals surface area contributed by atoms with Crippen LogP contribution in [-0.2, 0) is 11.3 Å². The molecule has 2 aromatic heterocycles. The van der Waals surface area contributed by atoms with Crippen molar-refractivity contribution in [3.05, 3.63) is 48.3 Å². The van der Waals surface area contributed by atoms with Crippen LogP contribution in [0.1, 0.15) is 56.7 Å². The lowest BCUT2D eigenvalue weighted by Gasteiger charge is -2.16. The third-order valence-electron chi connectivity index (χ3n) is 5.47. The van der Waals surface area contributed by atoms with Crippen LogP contribution in [0.25, 0.3) is 11.4 Å². The standard InChI is InChI=1S/C21H26N4O/c26-21(16-8-2-1-3-9-16)23-15-17-14-20(19-12-6-7-13-22-19)25(24-17)18-10-4-5-11-18/h1-2,6-7,12-14,16,18H,3-5,8-11,15H2,(H,23,26). The zero-order valence-electron chi connectivity index (χ0n) is 15.1. The van der Waals surface area contributed by atoms with Crippen molar-refractivity contribution < 1.29 is 4.79 Å². The highest BCUT2D eigenvalue weighted by Crippen LogP contribution is 2.33. The normalized spacial score (nSPS) is 20.4. The highest BCUT2D eigenvalue weighted by Gasteiger charge is 2.23. The molecule has 1 atom stereocenters. The molecule has 0 aromatic carbocycles. The topological polar surface area (TPSA) is 59.8 Å². The summed E-state index contributed by atoms with van der Waals surface area (Å²) in [5.74, 6) is 0.247. The first-order valence-electron chi connectivity index (χ1n) is 9.74. The van der Waals surface area contributed by atoms with Gasteiger partial charge in [0, 0.05) is 12.1 Å². The highest BCUT2D eigenvalue weighted by atomic mass is 16.1. The predicted octanol–water partition coefficient (Wildman–Crippen LogP) is 4.03. The largest absolute Gasteiger partial charge is 0.350 e. The number of rotatable bonds is 5. The van der Waals surface area contributed by atoms with E-state index in [9.17, 15) is 4.79 Å². The average Bonchev–Trinajstić information content (AvgIpc) is 3.37. The monoisotopic (exact) mass is 350 g/mol. The molecule has 2 aliphatic carbocycles. The Morgan fingerprint density at radius 3 is 2.81 bits per heavy atom. The molecule has 0 saturated heterocycles. The second-order valence-corrected chi connectivity index (χ2v) is 7.32.